The minimum absolute atomic E-state index is 0.272. The maximum Gasteiger partial charge on any atom is 0.342 e. The van der Waals surface area contributed by atoms with Crippen molar-refractivity contribution in [3.63, 3.8) is 0 Å². The summed E-state index contributed by atoms with van der Waals surface area (Å²) < 4.78 is 10.9. The number of rotatable bonds is 8. The number of amides is 1. The molecule has 0 unspecified atom stereocenters. The Morgan fingerprint density at radius 3 is 2.28 bits per heavy atom. The third kappa shape index (κ3) is 6.36. The molecule has 29 heavy (non-hydrogen) atoms. The van der Waals surface area contributed by atoms with Crippen LogP contribution < -0.4 is 10.1 Å². The largest absolute Gasteiger partial charge is 0.488 e. The number of hydrogen-bond donors (Lipinski definition) is 1. The van der Waals surface area contributed by atoms with E-state index in [9.17, 15) is 9.59 Å². The fourth-order valence-corrected chi connectivity index (χ4v) is 2.69. The van der Waals surface area contributed by atoms with E-state index in [2.05, 4.69) is 5.32 Å². The van der Waals surface area contributed by atoms with Crippen molar-refractivity contribution < 1.29 is 19.1 Å². The van der Waals surface area contributed by atoms with Gasteiger partial charge in [0.1, 0.15) is 17.9 Å². The molecular weight excluding hydrogens is 390 g/mol. The Morgan fingerprint density at radius 1 is 0.828 bits per heavy atom. The van der Waals surface area contributed by atoms with E-state index in [-0.39, 0.29) is 12.2 Å². The molecule has 3 aromatic carbocycles. The fourth-order valence-electron chi connectivity index (χ4n) is 2.56. The van der Waals surface area contributed by atoms with Crippen molar-refractivity contribution in [2.45, 2.75) is 13.2 Å². The standard InChI is InChI=1S/C23H20ClNO4/c24-19-12-10-17(11-13-19)14-25-22(26)16-29-23(27)20-8-4-5-9-21(20)28-15-18-6-2-1-3-7-18/h1-13H,14-16H2,(H,25,26). The van der Waals surface area contributed by atoms with Crippen LogP contribution in [0.15, 0.2) is 78.9 Å². The average Bonchev–Trinajstić information content (AvgIpc) is 2.76. The van der Waals surface area contributed by atoms with Crippen LogP contribution in [0.4, 0.5) is 0 Å². The van der Waals surface area contributed by atoms with Gasteiger partial charge >= 0.3 is 5.97 Å². The lowest BCUT2D eigenvalue weighted by Crippen LogP contribution is -2.28. The SMILES string of the molecule is O=C(COC(=O)c1ccccc1OCc1ccccc1)NCc1ccc(Cl)cc1. The number of halogens is 1. The van der Waals surface area contributed by atoms with Gasteiger partial charge in [-0.25, -0.2) is 4.79 Å². The molecule has 5 nitrogen and oxygen atoms in total. The van der Waals surface area contributed by atoms with E-state index >= 15 is 0 Å². The van der Waals surface area contributed by atoms with Gasteiger partial charge in [0.25, 0.3) is 5.91 Å². The molecule has 1 N–H and O–H groups in total. The number of esters is 1. The lowest BCUT2D eigenvalue weighted by Gasteiger charge is -2.11. The Morgan fingerprint density at radius 2 is 1.52 bits per heavy atom. The smallest absolute Gasteiger partial charge is 0.342 e. The number of carbonyl (C=O) groups excluding carboxylic acids is 2. The lowest BCUT2D eigenvalue weighted by atomic mass is 10.2. The fraction of sp³-hybridized carbons (Fsp3) is 0.130. The number of benzene rings is 3. The molecule has 3 aromatic rings. The molecular formula is C23H20ClNO4. The quantitative estimate of drug-likeness (QED) is 0.560. The van der Waals surface area contributed by atoms with Gasteiger partial charge < -0.3 is 14.8 Å². The Kier molecular flexibility index (Phi) is 7.25. The molecule has 148 valence electrons. The molecule has 0 aliphatic rings. The van der Waals surface area contributed by atoms with Gasteiger partial charge in [-0.05, 0) is 35.4 Å². The monoisotopic (exact) mass is 409 g/mol. The normalized spacial score (nSPS) is 10.2. The zero-order valence-corrected chi connectivity index (χ0v) is 16.4. The van der Waals surface area contributed by atoms with E-state index in [1.807, 2.05) is 42.5 Å². The van der Waals surface area contributed by atoms with Crippen LogP contribution in [0.2, 0.25) is 5.02 Å². The molecule has 0 saturated heterocycles. The first-order valence-corrected chi connectivity index (χ1v) is 9.43. The van der Waals surface area contributed by atoms with Crippen molar-refractivity contribution in [3.8, 4) is 5.75 Å². The number of ether oxygens (including phenoxy) is 2. The number of para-hydroxylation sites is 1. The molecule has 0 heterocycles. The summed E-state index contributed by atoms with van der Waals surface area (Å²) in [7, 11) is 0. The predicted octanol–water partition coefficient (Wildman–Crippen LogP) is 4.39. The van der Waals surface area contributed by atoms with Crippen LogP contribution in [0.1, 0.15) is 21.5 Å². The average molecular weight is 410 g/mol. The van der Waals surface area contributed by atoms with Gasteiger partial charge in [0.05, 0.1) is 0 Å². The van der Waals surface area contributed by atoms with E-state index in [1.165, 1.54) is 0 Å². The Bertz CT molecular complexity index is 958. The summed E-state index contributed by atoms with van der Waals surface area (Å²) in [6.07, 6.45) is 0. The molecule has 0 atom stereocenters. The molecule has 1 amide bonds. The molecule has 0 saturated carbocycles. The zero-order chi connectivity index (χ0) is 20.5. The summed E-state index contributed by atoms with van der Waals surface area (Å²) in [5, 5.41) is 3.32. The van der Waals surface area contributed by atoms with E-state index in [0.717, 1.165) is 11.1 Å². The van der Waals surface area contributed by atoms with Crippen LogP contribution in [0, 0.1) is 0 Å². The second-order valence-corrected chi connectivity index (χ2v) is 6.69. The maximum absolute atomic E-state index is 12.4. The van der Waals surface area contributed by atoms with Gasteiger partial charge in [-0.3, -0.25) is 4.79 Å². The first-order valence-electron chi connectivity index (χ1n) is 9.06. The Balaban J connectivity index is 1.51. The van der Waals surface area contributed by atoms with E-state index in [4.69, 9.17) is 21.1 Å². The Labute approximate surface area is 174 Å². The second-order valence-electron chi connectivity index (χ2n) is 6.25. The molecule has 0 aliphatic carbocycles. The molecule has 0 aliphatic heterocycles. The summed E-state index contributed by atoms with van der Waals surface area (Å²) >= 11 is 5.83. The number of carbonyl (C=O) groups is 2. The van der Waals surface area contributed by atoms with E-state index in [0.29, 0.717) is 23.9 Å². The first kappa shape index (κ1) is 20.4. The van der Waals surface area contributed by atoms with Gasteiger partial charge in [0, 0.05) is 11.6 Å². The van der Waals surface area contributed by atoms with Crippen LogP contribution in [0.5, 0.6) is 5.75 Å². The van der Waals surface area contributed by atoms with Gasteiger partial charge in [-0.2, -0.15) is 0 Å². The number of hydrogen-bond acceptors (Lipinski definition) is 4. The van der Waals surface area contributed by atoms with E-state index in [1.54, 1.807) is 36.4 Å². The highest BCUT2D eigenvalue weighted by Crippen LogP contribution is 2.20. The second kappa shape index (κ2) is 10.3. The highest BCUT2D eigenvalue weighted by atomic mass is 35.5. The van der Waals surface area contributed by atoms with Crippen molar-refractivity contribution in [1.82, 2.24) is 5.32 Å². The molecule has 0 aromatic heterocycles. The van der Waals surface area contributed by atoms with E-state index < -0.39 is 11.9 Å². The van der Waals surface area contributed by atoms with Crippen LogP contribution in [-0.4, -0.2) is 18.5 Å². The zero-order valence-electron chi connectivity index (χ0n) is 15.6. The van der Waals surface area contributed by atoms with Gasteiger partial charge in [-0.15, -0.1) is 0 Å². The minimum Gasteiger partial charge on any atom is -0.488 e. The molecule has 6 heteroatoms. The van der Waals surface area contributed by atoms with Crippen molar-refractivity contribution in [2.75, 3.05) is 6.61 Å². The first-order chi connectivity index (χ1) is 14.1. The van der Waals surface area contributed by atoms with Crippen LogP contribution >= 0.6 is 11.6 Å². The highest BCUT2D eigenvalue weighted by Gasteiger charge is 2.15. The van der Waals surface area contributed by atoms with Crippen LogP contribution in [0.25, 0.3) is 0 Å². The minimum atomic E-state index is -0.615. The summed E-state index contributed by atoms with van der Waals surface area (Å²) in [6, 6.07) is 23.5. The summed E-state index contributed by atoms with van der Waals surface area (Å²) in [5.41, 5.74) is 2.15. The van der Waals surface area contributed by atoms with Crippen LogP contribution in [0.3, 0.4) is 0 Å². The van der Waals surface area contributed by atoms with Crippen LogP contribution in [-0.2, 0) is 22.7 Å². The number of nitrogens with one attached hydrogen (secondary N) is 1. The van der Waals surface area contributed by atoms with Gasteiger partial charge in [0.2, 0.25) is 0 Å². The summed E-state index contributed by atoms with van der Waals surface area (Å²) in [6.45, 7) is 0.274. The Hall–Kier alpha value is -3.31. The summed E-state index contributed by atoms with van der Waals surface area (Å²) in [5.74, 6) is -0.603. The highest BCUT2D eigenvalue weighted by molar-refractivity contribution is 6.30. The third-order valence-electron chi connectivity index (χ3n) is 4.08. The maximum atomic E-state index is 12.4. The molecule has 0 fully saturated rings. The summed E-state index contributed by atoms with van der Waals surface area (Å²) in [4.78, 5) is 24.4. The molecule has 3 rings (SSSR count). The molecule has 0 bridgehead atoms. The molecule has 0 radical (unpaired) electrons. The van der Waals surface area contributed by atoms with Crippen molar-refractivity contribution in [3.05, 3.63) is 101 Å². The van der Waals surface area contributed by atoms with Crippen molar-refractivity contribution >= 4 is 23.5 Å². The third-order valence-corrected chi connectivity index (χ3v) is 4.33. The van der Waals surface area contributed by atoms with Crippen molar-refractivity contribution in [2.24, 2.45) is 0 Å². The van der Waals surface area contributed by atoms with Gasteiger partial charge in [-0.1, -0.05) is 66.2 Å². The van der Waals surface area contributed by atoms with Crippen molar-refractivity contribution in [1.29, 1.82) is 0 Å². The molecule has 0 spiro atoms. The predicted molar refractivity (Wildman–Crippen MR) is 111 cm³/mol. The topological polar surface area (TPSA) is 64.6 Å². The lowest BCUT2D eigenvalue weighted by molar-refractivity contribution is -0.124. The van der Waals surface area contributed by atoms with Gasteiger partial charge in [0.15, 0.2) is 6.61 Å².